The molecule has 31 heavy (non-hydrogen) atoms. The summed E-state index contributed by atoms with van der Waals surface area (Å²) < 4.78 is 50.5. The molecule has 0 aliphatic rings. The van der Waals surface area contributed by atoms with E-state index in [2.05, 4.69) is 28.1 Å². The molecule has 0 spiro atoms. The molecule has 0 bridgehead atoms. The molecule has 0 aliphatic carbocycles. The van der Waals surface area contributed by atoms with Crippen molar-refractivity contribution in [2.24, 2.45) is 0 Å². The molecule has 0 aliphatic heterocycles. The van der Waals surface area contributed by atoms with Crippen molar-refractivity contribution in [2.75, 3.05) is 25.6 Å². The topological polar surface area (TPSA) is 288 Å². The number of nitrogens with zero attached hydrogens (tertiary/aromatic N) is 4. The number of imidazole rings is 1. The molecule has 4 unspecified atom stereocenters. The van der Waals surface area contributed by atoms with Crippen LogP contribution < -0.4 is 20.4 Å². The summed E-state index contributed by atoms with van der Waals surface area (Å²) >= 11 is 0. The Balaban J connectivity index is 2.06. The molecule has 0 saturated heterocycles. The molecule has 4 atom stereocenters. The summed E-state index contributed by atoms with van der Waals surface area (Å²) in [5.41, 5.74) is 5.95. The predicted molar refractivity (Wildman–Crippen MR) is 91.0 cm³/mol. The van der Waals surface area contributed by atoms with E-state index in [4.69, 9.17) is 15.4 Å². The SMILES string of the molecule is Nc1ncnc2c1ncn2C(CO)OC(CO)COP(=O)([O-])OP(=O)(O)OP(=O)([O-])[O-]. The van der Waals surface area contributed by atoms with Gasteiger partial charge in [-0.15, -0.1) is 0 Å². The number of ether oxygens (including phenoxy) is 1. The van der Waals surface area contributed by atoms with Crippen LogP contribution in [0.4, 0.5) is 5.82 Å². The third-order valence-electron chi connectivity index (χ3n) is 3.23. The third kappa shape index (κ3) is 7.62. The fraction of sp³-hybridized carbons (Fsp3) is 0.500. The quantitative estimate of drug-likeness (QED) is 0.205. The number of nitrogen functional groups attached to an aromatic ring is 1. The van der Waals surface area contributed by atoms with Crippen LogP contribution in [0.5, 0.6) is 0 Å². The highest BCUT2D eigenvalue weighted by Crippen LogP contribution is 2.63. The normalized spacial score (nSPS) is 18.4. The van der Waals surface area contributed by atoms with E-state index in [9.17, 15) is 38.6 Å². The van der Waals surface area contributed by atoms with E-state index in [0.717, 1.165) is 6.33 Å². The van der Waals surface area contributed by atoms with Gasteiger partial charge in [0, 0.05) is 0 Å². The smallest absolute Gasteiger partial charge is 0.482 e. The summed E-state index contributed by atoms with van der Waals surface area (Å²) in [6.45, 7) is -2.60. The number of anilines is 1. The lowest BCUT2D eigenvalue weighted by atomic mass is 10.4. The van der Waals surface area contributed by atoms with Crippen molar-refractivity contribution in [1.29, 1.82) is 0 Å². The standard InChI is InChI=1S/C10H18N5O13P3/c11-9-8-10(13-4-12-9)15(5-14-8)7(2-17)26-6(1-16)3-25-30(21,22)28-31(23,24)27-29(18,19)20/h4-7,16-17H,1-3H2,(H,21,22)(H,23,24)(H2,11,12,13)(H2,18,19,20)/p-3. The van der Waals surface area contributed by atoms with Crippen molar-refractivity contribution in [3.05, 3.63) is 12.7 Å². The number of hydrogen-bond donors (Lipinski definition) is 4. The molecule has 21 heteroatoms. The summed E-state index contributed by atoms with van der Waals surface area (Å²) in [6.07, 6.45) is -0.452. The van der Waals surface area contributed by atoms with Gasteiger partial charge in [-0.25, -0.2) is 23.8 Å². The first kappa shape index (κ1) is 25.9. The maximum Gasteiger partial charge on any atom is 0.482 e. The van der Waals surface area contributed by atoms with Gasteiger partial charge >= 0.3 is 7.82 Å². The molecule has 0 amide bonds. The van der Waals surface area contributed by atoms with Gasteiger partial charge in [-0.05, 0) is 0 Å². The first-order valence-corrected chi connectivity index (χ1v) is 12.2. The summed E-state index contributed by atoms with van der Waals surface area (Å²) in [7, 11) is -17.7. The Labute approximate surface area is 172 Å². The highest BCUT2D eigenvalue weighted by molar-refractivity contribution is 7.65. The zero-order valence-corrected chi connectivity index (χ0v) is 17.7. The first-order valence-electron chi connectivity index (χ1n) is 7.80. The van der Waals surface area contributed by atoms with Gasteiger partial charge in [0.2, 0.25) is 0 Å². The molecule has 5 N–H and O–H groups in total. The van der Waals surface area contributed by atoms with E-state index >= 15 is 0 Å². The number of hydrogen-bond acceptors (Lipinski definition) is 16. The lowest BCUT2D eigenvalue weighted by Crippen LogP contribution is -2.30. The summed E-state index contributed by atoms with van der Waals surface area (Å²) in [5, 5.41) is 18.9. The van der Waals surface area contributed by atoms with Crippen molar-refractivity contribution in [1.82, 2.24) is 19.5 Å². The van der Waals surface area contributed by atoms with Gasteiger partial charge in [-0.3, -0.25) is 13.4 Å². The average molecular weight is 506 g/mol. The van der Waals surface area contributed by atoms with Gasteiger partial charge in [0.15, 0.2) is 17.7 Å². The number of fused-ring (bicyclic) bond motifs is 1. The molecule has 18 nitrogen and oxygen atoms in total. The highest BCUT2D eigenvalue weighted by atomic mass is 31.3. The predicted octanol–water partition coefficient (Wildman–Crippen LogP) is -3.28. The van der Waals surface area contributed by atoms with Crippen LogP contribution in [0, 0.1) is 0 Å². The maximum absolute atomic E-state index is 11.6. The fourth-order valence-corrected chi connectivity index (χ4v) is 5.05. The van der Waals surface area contributed by atoms with Gasteiger partial charge in [0.05, 0.1) is 34.0 Å². The molecule has 2 rings (SSSR count). The largest absolute Gasteiger partial charge is 0.789 e. The molecule has 0 aromatic carbocycles. The fourth-order valence-electron chi connectivity index (χ4n) is 2.10. The van der Waals surface area contributed by atoms with Gasteiger partial charge in [0.1, 0.15) is 17.9 Å². The van der Waals surface area contributed by atoms with Gasteiger partial charge < -0.3 is 49.3 Å². The summed E-state index contributed by atoms with van der Waals surface area (Å²) in [5.74, 6) is 0.0308. The number of aliphatic hydroxyl groups is 2. The van der Waals surface area contributed by atoms with Crippen LogP contribution >= 0.6 is 23.5 Å². The second kappa shape index (κ2) is 10.1. The van der Waals surface area contributed by atoms with Crippen molar-refractivity contribution >= 4 is 40.4 Å². The van der Waals surface area contributed by atoms with Crippen LogP contribution in [0.1, 0.15) is 6.23 Å². The summed E-state index contributed by atoms with van der Waals surface area (Å²) in [4.78, 5) is 52.8. The van der Waals surface area contributed by atoms with Gasteiger partial charge in [-0.2, -0.15) is 0 Å². The Morgan fingerprint density at radius 1 is 1.10 bits per heavy atom. The number of aliphatic hydroxyl groups excluding tert-OH is 2. The molecule has 2 aromatic heterocycles. The molecule has 0 radical (unpaired) electrons. The Morgan fingerprint density at radius 3 is 2.35 bits per heavy atom. The number of phosphoric ester groups is 1. The Bertz CT molecular complexity index is 1040. The molecule has 0 saturated carbocycles. The van der Waals surface area contributed by atoms with Gasteiger partial charge in [-0.1, -0.05) is 0 Å². The first-order chi connectivity index (χ1) is 14.3. The second-order valence-electron chi connectivity index (χ2n) is 5.48. The second-order valence-corrected chi connectivity index (χ2v) is 9.77. The minimum absolute atomic E-state index is 0.0308. The Hall–Kier alpha value is -1.36. The molecule has 2 aromatic rings. The van der Waals surface area contributed by atoms with Crippen LogP contribution in [0.25, 0.3) is 11.2 Å². The lowest BCUT2D eigenvalue weighted by Gasteiger charge is -2.32. The number of rotatable bonds is 12. The third-order valence-corrected chi connectivity index (χ3v) is 6.95. The monoisotopic (exact) mass is 506 g/mol. The molecule has 0 fully saturated rings. The molecule has 176 valence electrons. The van der Waals surface area contributed by atoms with E-state index in [-0.39, 0.29) is 17.0 Å². The van der Waals surface area contributed by atoms with E-state index in [1.807, 2.05) is 0 Å². The number of phosphoric acid groups is 3. The number of nitrogens with two attached hydrogens (primary N) is 1. The molecule has 2 heterocycles. The Morgan fingerprint density at radius 2 is 1.77 bits per heavy atom. The average Bonchev–Trinajstić information content (AvgIpc) is 3.04. The lowest BCUT2D eigenvalue weighted by molar-refractivity contribution is -0.334. The van der Waals surface area contributed by atoms with Crippen LogP contribution in [0.2, 0.25) is 0 Å². The van der Waals surface area contributed by atoms with Crippen LogP contribution in [0.15, 0.2) is 12.7 Å². The highest BCUT2D eigenvalue weighted by Gasteiger charge is 2.31. The minimum atomic E-state index is -6.07. The maximum atomic E-state index is 11.6. The molecular weight excluding hydrogens is 491 g/mol. The van der Waals surface area contributed by atoms with E-state index in [1.54, 1.807) is 0 Å². The minimum Gasteiger partial charge on any atom is -0.789 e. The van der Waals surface area contributed by atoms with Crippen molar-refractivity contribution < 1.29 is 61.4 Å². The summed E-state index contributed by atoms with van der Waals surface area (Å²) in [6, 6.07) is 0. The Kier molecular flexibility index (Phi) is 8.40. The van der Waals surface area contributed by atoms with Crippen LogP contribution in [0.3, 0.4) is 0 Å². The zero-order chi connectivity index (χ0) is 23.4. The van der Waals surface area contributed by atoms with Crippen molar-refractivity contribution in [2.45, 2.75) is 12.3 Å². The van der Waals surface area contributed by atoms with E-state index in [1.165, 1.54) is 10.9 Å². The van der Waals surface area contributed by atoms with Crippen LogP contribution in [-0.2, 0) is 31.6 Å². The van der Waals surface area contributed by atoms with Gasteiger partial charge in [0.25, 0.3) is 7.82 Å². The van der Waals surface area contributed by atoms with Crippen molar-refractivity contribution in [3.63, 3.8) is 0 Å². The van der Waals surface area contributed by atoms with Crippen LogP contribution in [-0.4, -0.2) is 60.6 Å². The zero-order valence-electron chi connectivity index (χ0n) is 15.1. The number of aromatic nitrogens is 4. The molecular formula is C10H15N5O13P3-3. The van der Waals surface area contributed by atoms with E-state index < -0.39 is 55.6 Å². The van der Waals surface area contributed by atoms with E-state index in [0.29, 0.717) is 0 Å². The van der Waals surface area contributed by atoms with Crippen molar-refractivity contribution in [3.8, 4) is 0 Å².